The van der Waals surface area contributed by atoms with Crippen molar-refractivity contribution in [2.75, 3.05) is 38.6 Å². The molecule has 0 unspecified atom stereocenters. The summed E-state index contributed by atoms with van der Waals surface area (Å²) >= 11 is 0. The van der Waals surface area contributed by atoms with Gasteiger partial charge in [-0.1, -0.05) is 0 Å². The molecule has 94 valence electrons. The van der Waals surface area contributed by atoms with E-state index in [2.05, 4.69) is 14.9 Å². The van der Waals surface area contributed by atoms with E-state index in [0.717, 1.165) is 32.0 Å². The zero-order valence-corrected chi connectivity index (χ0v) is 9.82. The first-order chi connectivity index (χ1) is 8.24. The van der Waals surface area contributed by atoms with E-state index in [9.17, 15) is 4.79 Å². The number of anilines is 1. The average molecular weight is 238 g/mol. The number of ether oxygens (including phenoxy) is 1. The number of aromatic amines is 1. The van der Waals surface area contributed by atoms with Crippen LogP contribution in [0.5, 0.6) is 0 Å². The molecule has 0 aromatic carbocycles. The van der Waals surface area contributed by atoms with Crippen molar-refractivity contribution >= 4 is 11.7 Å². The molecule has 6 heteroatoms. The van der Waals surface area contributed by atoms with Crippen molar-refractivity contribution in [1.82, 2.24) is 14.9 Å². The Labute approximate surface area is 100 Å². The van der Waals surface area contributed by atoms with E-state index in [1.807, 2.05) is 0 Å². The Bertz CT molecular complexity index is 371. The molecule has 6 nitrogen and oxygen atoms in total. The van der Waals surface area contributed by atoms with Gasteiger partial charge >= 0.3 is 0 Å². The van der Waals surface area contributed by atoms with E-state index < -0.39 is 0 Å². The summed E-state index contributed by atoms with van der Waals surface area (Å²) in [4.78, 5) is 20.7. The highest BCUT2D eigenvalue weighted by atomic mass is 16.5. The predicted molar refractivity (Wildman–Crippen MR) is 63.6 cm³/mol. The largest absolute Gasteiger partial charge is 0.379 e. The van der Waals surface area contributed by atoms with Gasteiger partial charge in [-0.3, -0.25) is 9.69 Å². The lowest BCUT2D eigenvalue weighted by Crippen LogP contribution is -2.39. The molecule has 1 fully saturated rings. The molecule has 0 bridgehead atoms. The second-order valence-electron chi connectivity index (χ2n) is 4.22. The van der Waals surface area contributed by atoms with Gasteiger partial charge in [-0.15, -0.1) is 0 Å². The molecule has 2 heterocycles. The van der Waals surface area contributed by atoms with Gasteiger partial charge in [-0.25, -0.2) is 4.98 Å². The monoisotopic (exact) mass is 238 g/mol. The molecule has 0 spiro atoms. The number of nitrogens with zero attached hydrogens (tertiary/aromatic N) is 2. The molecule has 0 saturated carbocycles. The van der Waals surface area contributed by atoms with Crippen LogP contribution in [-0.2, 0) is 16.0 Å². The van der Waals surface area contributed by atoms with Crippen molar-refractivity contribution in [3.8, 4) is 0 Å². The fourth-order valence-corrected chi connectivity index (χ4v) is 1.87. The van der Waals surface area contributed by atoms with Crippen molar-refractivity contribution in [3.05, 3.63) is 11.9 Å². The van der Waals surface area contributed by atoms with Gasteiger partial charge in [0.1, 0.15) is 5.78 Å². The number of rotatable bonds is 5. The van der Waals surface area contributed by atoms with Gasteiger partial charge in [0.05, 0.1) is 26.0 Å². The maximum absolute atomic E-state index is 11.7. The average Bonchev–Trinajstić information content (AvgIpc) is 2.74. The highest BCUT2D eigenvalue weighted by Gasteiger charge is 2.14. The SMILES string of the molecule is Nc1ncc(CCC(=O)CN2CCOCC2)[nH]1. The first-order valence-electron chi connectivity index (χ1n) is 5.85. The fourth-order valence-electron chi connectivity index (χ4n) is 1.87. The molecular weight excluding hydrogens is 220 g/mol. The molecule has 1 aliphatic rings. The van der Waals surface area contributed by atoms with Crippen LogP contribution in [0, 0.1) is 0 Å². The van der Waals surface area contributed by atoms with E-state index >= 15 is 0 Å². The Morgan fingerprint density at radius 1 is 1.53 bits per heavy atom. The Morgan fingerprint density at radius 3 is 2.94 bits per heavy atom. The Hall–Kier alpha value is -1.40. The molecule has 1 saturated heterocycles. The van der Waals surface area contributed by atoms with Crippen molar-refractivity contribution in [3.63, 3.8) is 0 Å². The van der Waals surface area contributed by atoms with Crippen LogP contribution < -0.4 is 5.73 Å². The third kappa shape index (κ3) is 3.83. The van der Waals surface area contributed by atoms with Crippen molar-refractivity contribution in [2.24, 2.45) is 0 Å². The maximum Gasteiger partial charge on any atom is 0.197 e. The molecule has 0 atom stereocenters. The van der Waals surface area contributed by atoms with Gasteiger partial charge < -0.3 is 15.5 Å². The molecule has 1 aromatic heterocycles. The molecule has 1 aliphatic heterocycles. The number of Topliss-reactive ketones (excluding diaryl/α,β-unsaturated/α-hetero) is 1. The minimum Gasteiger partial charge on any atom is -0.379 e. The number of ketones is 1. The summed E-state index contributed by atoms with van der Waals surface area (Å²) in [6.07, 6.45) is 2.88. The van der Waals surface area contributed by atoms with Gasteiger partial charge in [0.25, 0.3) is 0 Å². The number of carbonyl (C=O) groups is 1. The molecule has 2 rings (SSSR count). The summed E-state index contributed by atoms with van der Waals surface area (Å²) in [5, 5.41) is 0. The number of nitrogens with two attached hydrogens (primary N) is 1. The number of nitrogens with one attached hydrogen (secondary N) is 1. The number of aryl methyl sites for hydroxylation is 1. The van der Waals surface area contributed by atoms with Gasteiger partial charge in [-0.2, -0.15) is 0 Å². The highest BCUT2D eigenvalue weighted by Crippen LogP contribution is 2.04. The van der Waals surface area contributed by atoms with E-state index in [-0.39, 0.29) is 5.78 Å². The van der Waals surface area contributed by atoms with Crippen LogP contribution in [0.1, 0.15) is 12.1 Å². The lowest BCUT2D eigenvalue weighted by molar-refractivity contribution is -0.121. The summed E-state index contributed by atoms with van der Waals surface area (Å²) in [6, 6.07) is 0. The first-order valence-corrected chi connectivity index (χ1v) is 5.85. The Kier molecular flexibility index (Phi) is 4.11. The summed E-state index contributed by atoms with van der Waals surface area (Å²) in [7, 11) is 0. The lowest BCUT2D eigenvalue weighted by Gasteiger charge is -2.25. The zero-order chi connectivity index (χ0) is 12.1. The number of nitrogen functional groups attached to an aromatic ring is 1. The number of aromatic nitrogens is 2. The normalized spacial score (nSPS) is 17.2. The van der Waals surface area contributed by atoms with Crippen molar-refractivity contribution < 1.29 is 9.53 Å². The van der Waals surface area contributed by atoms with E-state index in [4.69, 9.17) is 10.5 Å². The number of morpholine rings is 1. The smallest absolute Gasteiger partial charge is 0.197 e. The second-order valence-corrected chi connectivity index (χ2v) is 4.22. The van der Waals surface area contributed by atoms with E-state index in [0.29, 0.717) is 25.3 Å². The molecule has 17 heavy (non-hydrogen) atoms. The Balaban J connectivity index is 1.70. The Morgan fingerprint density at radius 2 is 2.29 bits per heavy atom. The molecule has 0 radical (unpaired) electrons. The third-order valence-electron chi connectivity index (χ3n) is 2.82. The summed E-state index contributed by atoms with van der Waals surface area (Å²) < 4.78 is 5.23. The first kappa shape index (κ1) is 12.1. The molecule has 3 N–H and O–H groups in total. The molecule has 0 aliphatic carbocycles. The minimum absolute atomic E-state index is 0.250. The number of H-pyrrole nitrogens is 1. The van der Waals surface area contributed by atoms with Crippen LogP contribution in [0.15, 0.2) is 6.20 Å². The molecular formula is C11H18N4O2. The van der Waals surface area contributed by atoms with Crippen LogP contribution in [0.25, 0.3) is 0 Å². The highest BCUT2D eigenvalue weighted by molar-refractivity contribution is 5.80. The van der Waals surface area contributed by atoms with Crippen LogP contribution in [-0.4, -0.2) is 53.5 Å². The zero-order valence-electron chi connectivity index (χ0n) is 9.82. The van der Waals surface area contributed by atoms with E-state index in [1.54, 1.807) is 6.20 Å². The predicted octanol–water partition coefficient (Wildman–Crippen LogP) is -0.174. The number of carbonyl (C=O) groups excluding carboxylic acids is 1. The van der Waals surface area contributed by atoms with Crippen LogP contribution in [0.4, 0.5) is 5.95 Å². The van der Waals surface area contributed by atoms with Gasteiger partial charge in [-0.05, 0) is 6.42 Å². The van der Waals surface area contributed by atoms with Gasteiger partial charge in [0.15, 0.2) is 5.95 Å². The molecule has 1 aromatic rings. The van der Waals surface area contributed by atoms with E-state index in [1.165, 1.54) is 0 Å². The van der Waals surface area contributed by atoms with Crippen molar-refractivity contribution in [2.45, 2.75) is 12.8 Å². The maximum atomic E-state index is 11.7. The standard InChI is InChI=1S/C11H18N4O2/c12-11-13-7-9(14-11)1-2-10(16)8-15-3-5-17-6-4-15/h7H,1-6,8H2,(H3,12,13,14). The quantitative estimate of drug-likeness (QED) is 0.743. The topological polar surface area (TPSA) is 84.2 Å². The van der Waals surface area contributed by atoms with Gasteiger partial charge in [0, 0.05) is 25.2 Å². The minimum atomic E-state index is 0.250. The number of hydrogen-bond donors (Lipinski definition) is 2. The summed E-state index contributed by atoms with van der Waals surface area (Å²) in [6.45, 7) is 3.67. The van der Waals surface area contributed by atoms with Crippen LogP contribution in [0.3, 0.4) is 0 Å². The van der Waals surface area contributed by atoms with Crippen LogP contribution in [0.2, 0.25) is 0 Å². The number of hydrogen-bond acceptors (Lipinski definition) is 5. The van der Waals surface area contributed by atoms with Crippen LogP contribution >= 0.6 is 0 Å². The van der Waals surface area contributed by atoms with Crippen molar-refractivity contribution in [1.29, 1.82) is 0 Å². The fraction of sp³-hybridized carbons (Fsp3) is 0.636. The van der Waals surface area contributed by atoms with Gasteiger partial charge in [0.2, 0.25) is 0 Å². The summed E-state index contributed by atoms with van der Waals surface area (Å²) in [5.74, 6) is 0.653. The molecule has 0 amide bonds. The second kappa shape index (κ2) is 5.79. The third-order valence-corrected chi connectivity index (χ3v) is 2.82. The lowest BCUT2D eigenvalue weighted by atomic mass is 10.2. The number of imidazole rings is 1. The summed E-state index contributed by atoms with van der Waals surface area (Å²) in [5.41, 5.74) is 6.38.